The Kier molecular flexibility index (Phi) is 5.55. The molecule has 0 saturated heterocycles. The minimum Gasteiger partial charge on any atom is -0.457 e. The predicted molar refractivity (Wildman–Crippen MR) is 103 cm³/mol. The number of amides is 1. The lowest BCUT2D eigenvalue weighted by Crippen LogP contribution is -2.13. The van der Waals surface area contributed by atoms with Gasteiger partial charge in [0.15, 0.2) is 0 Å². The molecule has 146 valence electrons. The molecular weight excluding hydrogens is 381 g/mol. The number of carbonyl (C=O) groups is 1. The summed E-state index contributed by atoms with van der Waals surface area (Å²) < 4.78 is 45.0. The van der Waals surface area contributed by atoms with Crippen molar-refractivity contribution in [1.82, 2.24) is 0 Å². The van der Waals surface area contributed by atoms with Crippen molar-refractivity contribution in [2.75, 3.05) is 5.32 Å². The maximum absolute atomic E-state index is 13.2. The van der Waals surface area contributed by atoms with Crippen LogP contribution < -0.4 is 5.32 Å². The number of hydrogen-bond acceptors (Lipinski definition) is 3. The van der Waals surface area contributed by atoms with Crippen LogP contribution in [0.1, 0.15) is 16.9 Å². The van der Waals surface area contributed by atoms with E-state index in [0.717, 1.165) is 11.6 Å². The molecule has 1 heterocycles. The molecule has 0 aliphatic carbocycles. The first kappa shape index (κ1) is 20.0. The van der Waals surface area contributed by atoms with Crippen LogP contribution in [-0.2, 0) is 11.0 Å². The highest BCUT2D eigenvalue weighted by Gasteiger charge is 2.34. The first-order chi connectivity index (χ1) is 13.8. The van der Waals surface area contributed by atoms with Gasteiger partial charge in [0.2, 0.25) is 0 Å². The first-order valence-electron chi connectivity index (χ1n) is 8.54. The lowest BCUT2D eigenvalue weighted by atomic mass is 10.1. The number of rotatable bonds is 4. The third-order valence-corrected chi connectivity index (χ3v) is 4.09. The average molecular weight is 396 g/mol. The van der Waals surface area contributed by atoms with Gasteiger partial charge >= 0.3 is 6.18 Å². The molecule has 0 atom stereocenters. The third-order valence-electron chi connectivity index (χ3n) is 4.09. The Labute approximate surface area is 164 Å². The van der Waals surface area contributed by atoms with Gasteiger partial charge < -0.3 is 9.73 Å². The molecule has 3 rings (SSSR count). The van der Waals surface area contributed by atoms with Crippen LogP contribution in [0.5, 0.6) is 0 Å². The van der Waals surface area contributed by atoms with E-state index in [9.17, 15) is 23.2 Å². The Morgan fingerprint density at radius 1 is 1.07 bits per heavy atom. The Morgan fingerprint density at radius 3 is 2.41 bits per heavy atom. The minimum atomic E-state index is -4.54. The normalized spacial score (nSPS) is 11.8. The Bertz CT molecular complexity index is 1100. The fourth-order valence-electron chi connectivity index (χ4n) is 2.65. The quantitative estimate of drug-likeness (QED) is 0.446. The van der Waals surface area contributed by atoms with E-state index in [2.05, 4.69) is 5.32 Å². The van der Waals surface area contributed by atoms with Crippen LogP contribution in [0.25, 0.3) is 17.4 Å². The number of aryl methyl sites for hydroxylation is 1. The summed E-state index contributed by atoms with van der Waals surface area (Å²) in [5.74, 6) is -0.571. The molecule has 7 heteroatoms. The number of nitrogens with zero attached hydrogens (tertiary/aromatic N) is 1. The molecule has 0 saturated carbocycles. The first-order valence-corrected chi connectivity index (χ1v) is 8.54. The molecule has 0 fully saturated rings. The number of hydrogen-bond donors (Lipinski definition) is 1. The summed E-state index contributed by atoms with van der Waals surface area (Å²) in [7, 11) is 0. The van der Waals surface area contributed by atoms with E-state index >= 15 is 0 Å². The third kappa shape index (κ3) is 4.74. The summed E-state index contributed by atoms with van der Waals surface area (Å²) in [5.41, 5.74) is 0.336. The van der Waals surface area contributed by atoms with Crippen molar-refractivity contribution < 1.29 is 22.4 Å². The van der Waals surface area contributed by atoms with Gasteiger partial charge in [-0.05, 0) is 37.3 Å². The molecule has 1 amide bonds. The van der Waals surface area contributed by atoms with E-state index in [1.807, 2.05) is 19.1 Å². The number of halogens is 3. The van der Waals surface area contributed by atoms with Crippen molar-refractivity contribution in [1.29, 1.82) is 5.26 Å². The van der Waals surface area contributed by atoms with Crippen molar-refractivity contribution >= 4 is 17.7 Å². The monoisotopic (exact) mass is 396 g/mol. The average Bonchev–Trinajstić information content (AvgIpc) is 3.15. The van der Waals surface area contributed by atoms with Gasteiger partial charge in [0.05, 0.1) is 5.56 Å². The molecule has 0 aliphatic rings. The number of anilines is 1. The van der Waals surface area contributed by atoms with Gasteiger partial charge in [-0.3, -0.25) is 4.79 Å². The fourth-order valence-corrected chi connectivity index (χ4v) is 2.65. The van der Waals surface area contributed by atoms with Crippen molar-refractivity contribution in [3.8, 4) is 17.4 Å². The number of benzene rings is 2. The number of alkyl halides is 3. The summed E-state index contributed by atoms with van der Waals surface area (Å²) in [6.45, 7) is 1.90. The Hall–Kier alpha value is -3.79. The van der Waals surface area contributed by atoms with Crippen LogP contribution in [0.4, 0.5) is 18.9 Å². The summed E-state index contributed by atoms with van der Waals surface area (Å²) in [6.07, 6.45) is -3.35. The van der Waals surface area contributed by atoms with Crippen LogP contribution in [0.2, 0.25) is 0 Å². The van der Waals surface area contributed by atoms with E-state index < -0.39 is 17.6 Å². The number of nitriles is 1. The zero-order valence-corrected chi connectivity index (χ0v) is 15.2. The standard InChI is InChI=1S/C22H15F3N2O2/c1-14-6-8-16(9-7-14)27-21(28)15(13-26)12-17-10-11-20(29-17)18-4-2-3-5-19(18)22(23,24)25/h2-12H,1H3,(H,27,28)/b15-12+. The van der Waals surface area contributed by atoms with Gasteiger partial charge in [0, 0.05) is 17.3 Å². The van der Waals surface area contributed by atoms with Crippen LogP contribution >= 0.6 is 0 Å². The molecule has 1 aromatic heterocycles. The molecule has 2 aromatic carbocycles. The van der Waals surface area contributed by atoms with E-state index in [1.165, 1.54) is 36.4 Å². The fraction of sp³-hybridized carbons (Fsp3) is 0.0909. The number of furan rings is 1. The Balaban J connectivity index is 1.86. The maximum atomic E-state index is 13.2. The SMILES string of the molecule is Cc1ccc(NC(=O)/C(C#N)=C/c2ccc(-c3ccccc3C(F)(F)F)o2)cc1. The molecule has 4 nitrogen and oxygen atoms in total. The van der Waals surface area contributed by atoms with Crippen molar-refractivity contribution in [3.63, 3.8) is 0 Å². The highest BCUT2D eigenvalue weighted by Crippen LogP contribution is 2.37. The van der Waals surface area contributed by atoms with Gasteiger partial charge in [0.25, 0.3) is 5.91 Å². The minimum absolute atomic E-state index is 0.0135. The zero-order valence-electron chi connectivity index (χ0n) is 15.2. The van der Waals surface area contributed by atoms with Crippen molar-refractivity contribution in [3.05, 3.63) is 83.1 Å². The van der Waals surface area contributed by atoms with Gasteiger partial charge in [0.1, 0.15) is 23.2 Å². The Morgan fingerprint density at radius 2 is 1.76 bits per heavy atom. The molecule has 0 aliphatic heterocycles. The lowest BCUT2D eigenvalue weighted by Gasteiger charge is -2.10. The van der Waals surface area contributed by atoms with Crippen LogP contribution in [0.15, 0.2) is 70.7 Å². The van der Waals surface area contributed by atoms with Gasteiger partial charge in [-0.15, -0.1) is 0 Å². The topological polar surface area (TPSA) is 66.0 Å². The molecule has 0 radical (unpaired) electrons. The van der Waals surface area contributed by atoms with Crippen LogP contribution in [0.3, 0.4) is 0 Å². The van der Waals surface area contributed by atoms with E-state index in [-0.39, 0.29) is 22.7 Å². The second kappa shape index (κ2) is 8.07. The molecule has 0 spiro atoms. The maximum Gasteiger partial charge on any atom is 0.417 e. The summed E-state index contributed by atoms with van der Waals surface area (Å²) in [4.78, 5) is 12.3. The van der Waals surface area contributed by atoms with E-state index in [0.29, 0.717) is 5.69 Å². The second-order valence-corrected chi connectivity index (χ2v) is 6.24. The van der Waals surface area contributed by atoms with E-state index in [4.69, 9.17) is 4.42 Å². The smallest absolute Gasteiger partial charge is 0.417 e. The van der Waals surface area contributed by atoms with E-state index in [1.54, 1.807) is 18.2 Å². The summed E-state index contributed by atoms with van der Waals surface area (Å²) in [5, 5.41) is 11.9. The van der Waals surface area contributed by atoms with Gasteiger partial charge in [-0.1, -0.05) is 35.9 Å². The number of nitrogens with one attached hydrogen (secondary N) is 1. The van der Waals surface area contributed by atoms with Crippen molar-refractivity contribution in [2.45, 2.75) is 13.1 Å². The lowest BCUT2D eigenvalue weighted by molar-refractivity contribution is -0.137. The molecule has 0 unspecified atom stereocenters. The van der Waals surface area contributed by atoms with Gasteiger partial charge in [-0.2, -0.15) is 18.4 Å². The number of carbonyl (C=O) groups excluding carboxylic acids is 1. The van der Waals surface area contributed by atoms with Gasteiger partial charge in [-0.25, -0.2) is 0 Å². The molecule has 1 N–H and O–H groups in total. The summed E-state index contributed by atoms with van der Waals surface area (Å²) in [6, 6.07) is 16.6. The van der Waals surface area contributed by atoms with Crippen molar-refractivity contribution in [2.24, 2.45) is 0 Å². The van der Waals surface area contributed by atoms with Crippen LogP contribution in [0, 0.1) is 18.3 Å². The molecule has 0 bridgehead atoms. The highest BCUT2D eigenvalue weighted by atomic mass is 19.4. The largest absolute Gasteiger partial charge is 0.457 e. The highest BCUT2D eigenvalue weighted by molar-refractivity contribution is 6.09. The van der Waals surface area contributed by atoms with Crippen LogP contribution in [-0.4, -0.2) is 5.91 Å². The molecule has 29 heavy (non-hydrogen) atoms. The molecule has 3 aromatic rings. The zero-order chi connectivity index (χ0) is 21.0. The summed E-state index contributed by atoms with van der Waals surface area (Å²) >= 11 is 0. The molecular formula is C22H15F3N2O2. The second-order valence-electron chi connectivity index (χ2n) is 6.24. The predicted octanol–water partition coefficient (Wildman–Crippen LogP) is 5.82.